The third kappa shape index (κ3) is 6.26. The summed E-state index contributed by atoms with van der Waals surface area (Å²) < 4.78 is 5.09. The van der Waals surface area contributed by atoms with E-state index in [0.717, 1.165) is 6.54 Å². The first-order valence-corrected chi connectivity index (χ1v) is 7.57. The van der Waals surface area contributed by atoms with Crippen molar-refractivity contribution in [2.45, 2.75) is 6.42 Å². The van der Waals surface area contributed by atoms with E-state index in [1.54, 1.807) is 23.1 Å². The van der Waals surface area contributed by atoms with Crippen LogP contribution in [0.3, 0.4) is 0 Å². The van der Waals surface area contributed by atoms with Crippen LogP contribution in [0.15, 0.2) is 18.2 Å². The van der Waals surface area contributed by atoms with Gasteiger partial charge in [0.1, 0.15) is 5.75 Å². The molecule has 1 fully saturated rings. The highest BCUT2D eigenvalue weighted by atomic mass is 35.5. The summed E-state index contributed by atoms with van der Waals surface area (Å²) in [5.74, 6) is 0.110. The summed E-state index contributed by atoms with van der Waals surface area (Å²) in [6.07, 6.45) is 0.255. The number of benzene rings is 1. The Morgan fingerprint density at radius 2 is 2.08 bits per heavy atom. The predicted molar refractivity (Wildman–Crippen MR) is 104 cm³/mol. The van der Waals surface area contributed by atoms with Crippen molar-refractivity contribution in [2.24, 2.45) is 5.92 Å². The molecule has 142 valence electrons. The Bertz CT molecular complexity index is 599. The number of rotatable bonds is 6. The summed E-state index contributed by atoms with van der Waals surface area (Å²) in [6, 6.07) is 5.08. The highest BCUT2D eigenvalue weighted by Gasteiger charge is 2.34. The number of carbonyl (C=O) groups excluding carboxylic acids is 2. The Balaban J connectivity index is 0.00000288. The van der Waals surface area contributed by atoms with Crippen LogP contribution in [0.1, 0.15) is 6.42 Å². The normalized spacial score (nSPS) is 16.2. The van der Waals surface area contributed by atoms with Crippen molar-refractivity contribution < 1.29 is 14.3 Å². The number of likely N-dealkylation sites (tertiary alicyclic amines) is 1. The Hall–Kier alpha value is -1.70. The molecule has 0 bridgehead atoms. The van der Waals surface area contributed by atoms with Crippen molar-refractivity contribution in [2.75, 3.05) is 51.9 Å². The predicted octanol–water partition coefficient (Wildman–Crippen LogP) is 1.47. The Kier molecular flexibility index (Phi) is 9.62. The smallest absolute Gasteiger partial charge is 0.229 e. The summed E-state index contributed by atoms with van der Waals surface area (Å²) in [4.78, 5) is 28.1. The number of ether oxygens (including phenoxy) is 1. The molecule has 1 aliphatic heterocycles. The van der Waals surface area contributed by atoms with Gasteiger partial charge in [0, 0.05) is 31.7 Å². The lowest BCUT2D eigenvalue weighted by Crippen LogP contribution is -2.33. The monoisotopic (exact) mass is 392 g/mol. The lowest BCUT2D eigenvalue weighted by Gasteiger charge is -2.19. The zero-order chi connectivity index (χ0) is 17.0. The van der Waals surface area contributed by atoms with E-state index in [-0.39, 0.29) is 49.0 Å². The van der Waals surface area contributed by atoms with Crippen LogP contribution < -0.4 is 15.8 Å². The fraction of sp³-hybridized carbons (Fsp3) is 0.500. The molecule has 3 N–H and O–H groups in total. The first-order valence-electron chi connectivity index (χ1n) is 7.57. The van der Waals surface area contributed by atoms with E-state index in [0.29, 0.717) is 30.2 Å². The van der Waals surface area contributed by atoms with Crippen molar-refractivity contribution in [3.8, 4) is 5.75 Å². The minimum absolute atomic E-state index is 0. The molecule has 2 amide bonds. The lowest BCUT2D eigenvalue weighted by atomic mass is 10.1. The largest absolute Gasteiger partial charge is 0.495 e. The van der Waals surface area contributed by atoms with Gasteiger partial charge >= 0.3 is 0 Å². The molecule has 0 saturated carbocycles. The number of methoxy groups -OCH3 is 1. The molecular weight excluding hydrogens is 367 g/mol. The molecule has 0 radical (unpaired) electrons. The van der Waals surface area contributed by atoms with Gasteiger partial charge in [-0.3, -0.25) is 9.59 Å². The minimum Gasteiger partial charge on any atom is -0.495 e. The van der Waals surface area contributed by atoms with Crippen molar-refractivity contribution in [1.29, 1.82) is 0 Å². The van der Waals surface area contributed by atoms with Gasteiger partial charge in [-0.25, -0.2) is 0 Å². The molecule has 2 rings (SSSR count). The van der Waals surface area contributed by atoms with Gasteiger partial charge in [-0.05, 0) is 32.3 Å². The van der Waals surface area contributed by atoms with Crippen molar-refractivity contribution >= 4 is 48.0 Å². The van der Waals surface area contributed by atoms with Crippen LogP contribution in [-0.4, -0.2) is 62.5 Å². The summed E-state index contributed by atoms with van der Waals surface area (Å²) in [6.45, 7) is 1.89. The van der Waals surface area contributed by atoms with Crippen LogP contribution in [0.25, 0.3) is 0 Å². The minimum atomic E-state index is -0.326. The molecule has 9 heteroatoms. The molecule has 25 heavy (non-hydrogen) atoms. The number of nitrogen functional groups attached to an aromatic ring is 1. The van der Waals surface area contributed by atoms with E-state index in [9.17, 15) is 9.59 Å². The number of amides is 2. The van der Waals surface area contributed by atoms with Gasteiger partial charge in [-0.1, -0.05) is 0 Å². The summed E-state index contributed by atoms with van der Waals surface area (Å²) >= 11 is 0. The average molecular weight is 393 g/mol. The standard InChI is InChI=1S/C16H24N4O3.2ClH/c1-19(2)6-7-20-10-11(8-15(20)21)16(22)18-12-4-5-14(23-3)13(17)9-12;;/h4-5,9,11H,6-8,10,17H2,1-3H3,(H,18,22);2*1H. The zero-order valence-electron chi connectivity index (χ0n) is 14.7. The van der Waals surface area contributed by atoms with Crippen LogP contribution in [0.5, 0.6) is 5.75 Å². The third-order valence-corrected chi connectivity index (χ3v) is 3.90. The number of halogens is 2. The number of anilines is 2. The fourth-order valence-electron chi connectivity index (χ4n) is 2.54. The quantitative estimate of drug-likeness (QED) is 0.715. The molecule has 1 heterocycles. The van der Waals surface area contributed by atoms with Crippen LogP contribution in [0.4, 0.5) is 11.4 Å². The number of hydrogen-bond donors (Lipinski definition) is 2. The SMILES string of the molecule is COc1ccc(NC(=O)C2CC(=O)N(CCN(C)C)C2)cc1N.Cl.Cl. The second kappa shape index (κ2) is 10.3. The molecule has 1 aliphatic rings. The van der Waals surface area contributed by atoms with Crippen molar-refractivity contribution in [3.05, 3.63) is 18.2 Å². The number of nitrogens with two attached hydrogens (primary N) is 1. The zero-order valence-corrected chi connectivity index (χ0v) is 16.3. The Labute approximate surface area is 160 Å². The van der Waals surface area contributed by atoms with Gasteiger partial charge in [0.15, 0.2) is 0 Å². The maximum Gasteiger partial charge on any atom is 0.229 e. The summed E-state index contributed by atoms with van der Waals surface area (Å²) in [7, 11) is 5.45. The van der Waals surface area contributed by atoms with Gasteiger partial charge in [-0.15, -0.1) is 24.8 Å². The van der Waals surface area contributed by atoms with Crippen LogP contribution >= 0.6 is 24.8 Å². The Morgan fingerprint density at radius 1 is 1.40 bits per heavy atom. The highest BCUT2D eigenvalue weighted by molar-refractivity contribution is 5.97. The maximum atomic E-state index is 12.3. The molecule has 1 saturated heterocycles. The van der Waals surface area contributed by atoms with E-state index in [4.69, 9.17) is 10.5 Å². The Morgan fingerprint density at radius 3 is 2.64 bits per heavy atom. The number of hydrogen-bond acceptors (Lipinski definition) is 5. The molecule has 1 aromatic carbocycles. The second-order valence-corrected chi connectivity index (χ2v) is 5.99. The van der Waals surface area contributed by atoms with E-state index in [2.05, 4.69) is 5.32 Å². The molecule has 7 nitrogen and oxygen atoms in total. The van der Waals surface area contributed by atoms with E-state index in [1.807, 2.05) is 19.0 Å². The van der Waals surface area contributed by atoms with Gasteiger partial charge in [0.2, 0.25) is 11.8 Å². The fourth-order valence-corrected chi connectivity index (χ4v) is 2.54. The number of likely N-dealkylation sites (N-methyl/N-ethyl adjacent to an activating group) is 1. The van der Waals surface area contributed by atoms with Gasteiger partial charge in [0.05, 0.1) is 18.7 Å². The molecule has 1 aromatic rings. The first-order chi connectivity index (χ1) is 10.9. The highest BCUT2D eigenvalue weighted by Crippen LogP contribution is 2.26. The van der Waals surface area contributed by atoms with Crippen LogP contribution in [0, 0.1) is 5.92 Å². The van der Waals surface area contributed by atoms with E-state index in [1.165, 1.54) is 7.11 Å². The molecule has 1 atom stereocenters. The maximum absolute atomic E-state index is 12.3. The molecule has 1 unspecified atom stereocenters. The molecule has 0 aromatic heterocycles. The first kappa shape index (κ1) is 23.3. The summed E-state index contributed by atoms with van der Waals surface area (Å²) in [5.41, 5.74) is 6.89. The van der Waals surface area contributed by atoms with Crippen LogP contribution in [0.2, 0.25) is 0 Å². The van der Waals surface area contributed by atoms with Crippen LogP contribution in [-0.2, 0) is 9.59 Å². The topological polar surface area (TPSA) is 87.9 Å². The number of nitrogens with zero attached hydrogens (tertiary/aromatic N) is 2. The third-order valence-electron chi connectivity index (χ3n) is 3.90. The van der Waals surface area contributed by atoms with Gasteiger partial charge in [0.25, 0.3) is 0 Å². The lowest BCUT2D eigenvalue weighted by molar-refractivity contribution is -0.128. The van der Waals surface area contributed by atoms with Crippen molar-refractivity contribution in [1.82, 2.24) is 9.80 Å². The number of nitrogens with one attached hydrogen (secondary N) is 1. The average Bonchev–Trinajstić information content (AvgIpc) is 2.86. The number of carbonyl (C=O) groups is 2. The van der Waals surface area contributed by atoms with E-state index >= 15 is 0 Å². The summed E-state index contributed by atoms with van der Waals surface area (Å²) in [5, 5.41) is 2.82. The molecule has 0 aliphatic carbocycles. The van der Waals surface area contributed by atoms with Gasteiger partial charge in [-0.2, -0.15) is 0 Å². The van der Waals surface area contributed by atoms with Crippen molar-refractivity contribution in [3.63, 3.8) is 0 Å². The van der Waals surface area contributed by atoms with E-state index < -0.39 is 0 Å². The molecule has 0 spiro atoms. The molecular formula is C16H26Cl2N4O3. The second-order valence-electron chi connectivity index (χ2n) is 5.99. The van der Waals surface area contributed by atoms with Gasteiger partial charge < -0.3 is 25.6 Å².